The van der Waals surface area contributed by atoms with Gasteiger partial charge in [-0.25, -0.2) is 0 Å². The summed E-state index contributed by atoms with van der Waals surface area (Å²) in [5.74, 6) is 0.726. The molecule has 0 aliphatic heterocycles. The first kappa shape index (κ1) is 8.96. The van der Waals surface area contributed by atoms with Gasteiger partial charge in [0.15, 0.2) is 0 Å². The lowest BCUT2D eigenvalue weighted by molar-refractivity contribution is -0.128. The zero-order valence-electron chi connectivity index (χ0n) is 8.62. The number of benzene rings is 1. The highest BCUT2D eigenvalue weighted by atomic mass is 16.3. The highest BCUT2D eigenvalue weighted by Gasteiger charge is 2.47. The van der Waals surface area contributed by atoms with Gasteiger partial charge in [0.2, 0.25) is 0 Å². The molecule has 78 valence electrons. The highest BCUT2D eigenvalue weighted by molar-refractivity contribution is 5.93. The monoisotopic (exact) mass is 202 g/mol. The van der Waals surface area contributed by atoms with Crippen LogP contribution in [-0.4, -0.2) is 10.9 Å². The Bertz CT molecular complexity index is 430. The van der Waals surface area contributed by atoms with Gasteiger partial charge in [-0.15, -0.1) is 0 Å². The Morgan fingerprint density at radius 1 is 1.20 bits per heavy atom. The molecule has 0 amide bonds. The van der Waals surface area contributed by atoms with E-state index in [1.807, 2.05) is 12.1 Å². The molecule has 0 radical (unpaired) electrons. The molecular weight excluding hydrogens is 188 g/mol. The molecule has 1 N–H and O–H groups in total. The standard InChI is InChI=1S/C13H14O2/c14-10-3-4-11-9(8-10)2-5-12(15)13(11)6-1-7-13/h3-4,8,14H,1-2,5-7H2. The number of ketones is 1. The van der Waals surface area contributed by atoms with Crippen molar-refractivity contribution in [3.8, 4) is 5.75 Å². The maximum absolute atomic E-state index is 12.0. The van der Waals surface area contributed by atoms with E-state index in [1.54, 1.807) is 6.07 Å². The molecule has 2 aliphatic rings. The number of carbonyl (C=O) groups excluding carboxylic acids is 1. The SMILES string of the molecule is O=C1CCc2cc(O)ccc2C12CCC2. The van der Waals surface area contributed by atoms with Gasteiger partial charge in [-0.3, -0.25) is 4.79 Å². The minimum Gasteiger partial charge on any atom is -0.508 e. The lowest BCUT2D eigenvalue weighted by atomic mass is 9.57. The Balaban J connectivity index is 2.16. The molecule has 2 heteroatoms. The molecule has 0 unspecified atom stereocenters. The zero-order chi connectivity index (χ0) is 10.5. The van der Waals surface area contributed by atoms with Crippen molar-refractivity contribution in [2.75, 3.05) is 0 Å². The topological polar surface area (TPSA) is 37.3 Å². The molecule has 0 heterocycles. The largest absolute Gasteiger partial charge is 0.508 e. The van der Waals surface area contributed by atoms with Crippen molar-refractivity contribution < 1.29 is 9.90 Å². The number of phenolic OH excluding ortho intramolecular Hbond substituents is 1. The number of fused-ring (bicyclic) bond motifs is 2. The Kier molecular flexibility index (Phi) is 1.70. The number of phenols is 1. The second kappa shape index (κ2) is 2.84. The predicted octanol–water partition coefficient (Wildman–Crippen LogP) is 2.33. The average Bonchev–Trinajstić information content (AvgIpc) is 2.15. The van der Waals surface area contributed by atoms with E-state index in [9.17, 15) is 9.90 Å². The number of aromatic hydroxyl groups is 1. The fraction of sp³-hybridized carbons (Fsp3) is 0.462. The summed E-state index contributed by atoms with van der Waals surface area (Å²) in [5.41, 5.74) is 2.19. The number of aryl methyl sites for hydroxylation is 1. The van der Waals surface area contributed by atoms with Crippen LogP contribution in [-0.2, 0) is 16.6 Å². The van der Waals surface area contributed by atoms with Crippen molar-refractivity contribution in [2.24, 2.45) is 0 Å². The summed E-state index contributed by atoms with van der Waals surface area (Å²) in [6, 6.07) is 5.47. The first-order valence-electron chi connectivity index (χ1n) is 5.58. The van der Waals surface area contributed by atoms with E-state index in [-0.39, 0.29) is 5.41 Å². The average molecular weight is 202 g/mol. The van der Waals surface area contributed by atoms with Gasteiger partial charge >= 0.3 is 0 Å². The van der Waals surface area contributed by atoms with Crippen molar-refractivity contribution in [3.63, 3.8) is 0 Å². The van der Waals surface area contributed by atoms with Crippen LogP contribution < -0.4 is 0 Å². The minimum absolute atomic E-state index is 0.165. The number of Topliss-reactive ketones (excluding diaryl/α,β-unsaturated/α-hetero) is 1. The van der Waals surface area contributed by atoms with Gasteiger partial charge in [-0.2, -0.15) is 0 Å². The van der Waals surface area contributed by atoms with Crippen molar-refractivity contribution in [3.05, 3.63) is 29.3 Å². The third-order valence-electron chi connectivity index (χ3n) is 3.97. The Morgan fingerprint density at radius 2 is 2.00 bits per heavy atom. The maximum atomic E-state index is 12.0. The third kappa shape index (κ3) is 1.08. The third-order valence-corrected chi connectivity index (χ3v) is 3.97. The summed E-state index contributed by atoms with van der Waals surface area (Å²) in [6.45, 7) is 0. The number of hydrogen-bond donors (Lipinski definition) is 1. The van der Waals surface area contributed by atoms with Crippen LogP contribution in [0.1, 0.15) is 36.8 Å². The van der Waals surface area contributed by atoms with Crippen LogP contribution >= 0.6 is 0 Å². The van der Waals surface area contributed by atoms with E-state index in [4.69, 9.17) is 0 Å². The molecule has 1 aromatic carbocycles. The summed E-state index contributed by atoms with van der Waals surface area (Å²) in [6.07, 6.45) is 4.61. The summed E-state index contributed by atoms with van der Waals surface area (Å²) >= 11 is 0. The van der Waals surface area contributed by atoms with E-state index in [2.05, 4.69) is 0 Å². The molecule has 2 aliphatic carbocycles. The van der Waals surface area contributed by atoms with Crippen LogP contribution in [0.5, 0.6) is 5.75 Å². The molecule has 0 bridgehead atoms. The van der Waals surface area contributed by atoms with Gasteiger partial charge in [0.05, 0.1) is 5.41 Å². The van der Waals surface area contributed by atoms with E-state index in [0.29, 0.717) is 18.0 Å². The second-order valence-electron chi connectivity index (χ2n) is 4.70. The van der Waals surface area contributed by atoms with Gasteiger partial charge in [-0.1, -0.05) is 12.5 Å². The molecule has 1 spiro atoms. The number of carbonyl (C=O) groups is 1. The van der Waals surface area contributed by atoms with Crippen LogP contribution in [0.15, 0.2) is 18.2 Å². The van der Waals surface area contributed by atoms with Crippen molar-refractivity contribution in [2.45, 2.75) is 37.5 Å². The first-order chi connectivity index (χ1) is 7.22. The van der Waals surface area contributed by atoms with Gasteiger partial charge in [0.1, 0.15) is 11.5 Å². The Hall–Kier alpha value is -1.31. The van der Waals surface area contributed by atoms with E-state index in [0.717, 1.165) is 25.7 Å². The van der Waals surface area contributed by atoms with Crippen molar-refractivity contribution in [1.29, 1.82) is 0 Å². The van der Waals surface area contributed by atoms with Gasteiger partial charge in [0.25, 0.3) is 0 Å². The molecule has 0 atom stereocenters. The first-order valence-corrected chi connectivity index (χ1v) is 5.58. The second-order valence-corrected chi connectivity index (χ2v) is 4.70. The van der Waals surface area contributed by atoms with Crippen LogP contribution in [0.25, 0.3) is 0 Å². The van der Waals surface area contributed by atoms with E-state index in [1.165, 1.54) is 11.1 Å². The summed E-state index contributed by atoms with van der Waals surface area (Å²) in [4.78, 5) is 12.0. The minimum atomic E-state index is -0.165. The fourth-order valence-electron chi connectivity index (χ4n) is 2.97. The van der Waals surface area contributed by atoms with Crippen LogP contribution in [0.3, 0.4) is 0 Å². The lowest BCUT2D eigenvalue weighted by Gasteiger charge is -2.44. The molecule has 1 saturated carbocycles. The Labute approximate surface area is 88.9 Å². The molecule has 2 nitrogen and oxygen atoms in total. The Morgan fingerprint density at radius 3 is 2.67 bits per heavy atom. The zero-order valence-corrected chi connectivity index (χ0v) is 8.62. The highest BCUT2D eigenvalue weighted by Crippen LogP contribution is 2.49. The molecule has 1 aromatic rings. The summed E-state index contributed by atoms with van der Waals surface area (Å²) in [5, 5.41) is 9.43. The quantitative estimate of drug-likeness (QED) is 0.701. The molecule has 1 fully saturated rings. The van der Waals surface area contributed by atoms with Gasteiger partial charge < -0.3 is 5.11 Å². The van der Waals surface area contributed by atoms with Crippen LogP contribution in [0, 0.1) is 0 Å². The number of rotatable bonds is 0. The van der Waals surface area contributed by atoms with Crippen LogP contribution in [0.4, 0.5) is 0 Å². The molecule has 0 saturated heterocycles. The fourth-order valence-corrected chi connectivity index (χ4v) is 2.97. The maximum Gasteiger partial charge on any atom is 0.143 e. The van der Waals surface area contributed by atoms with Crippen molar-refractivity contribution in [1.82, 2.24) is 0 Å². The van der Waals surface area contributed by atoms with Crippen LogP contribution in [0.2, 0.25) is 0 Å². The summed E-state index contributed by atoms with van der Waals surface area (Å²) < 4.78 is 0. The van der Waals surface area contributed by atoms with Crippen molar-refractivity contribution >= 4 is 5.78 Å². The number of hydrogen-bond acceptors (Lipinski definition) is 2. The smallest absolute Gasteiger partial charge is 0.143 e. The normalized spacial score (nSPS) is 22.3. The lowest BCUT2D eigenvalue weighted by Crippen LogP contribution is -2.45. The van der Waals surface area contributed by atoms with E-state index >= 15 is 0 Å². The molecule has 15 heavy (non-hydrogen) atoms. The van der Waals surface area contributed by atoms with E-state index < -0.39 is 0 Å². The predicted molar refractivity (Wildman–Crippen MR) is 57.0 cm³/mol. The molecular formula is C13H14O2. The summed E-state index contributed by atoms with van der Waals surface area (Å²) in [7, 11) is 0. The molecule has 0 aromatic heterocycles. The molecule has 3 rings (SSSR count). The van der Waals surface area contributed by atoms with Gasteiger partial charge in [-0.05, 0) is 42.5 Å². The van der Waals surface area contributed by atoms with Gasteiger partial charge in [0, 0.05) is 6.42 Å².